The van der Waals surface area contributed by atoms with Crippen molar-refractivity contribution in [3.63, 3.8) is 0 Å². The third-order valence-corrected chi connectivity index (χ3v) is 22.1. The van der Waals surface area contributed by atoms with Gasteiger partial charge in [0.2, 0.25) is 0 Å². The van der Waals surface area contributed by atoms with Crippen molar-refractivity contribution in [1.29, 1.82) is 0 Å². The highest BCUT2D eigenvalue weighted by atomic mass is 28.4. The van der Waals surface area contributed by atoms with Crippen LogP contribution in [0.2, 0.25) is 54.4 Å². The molecule has 0 fully saturated rings. The molecule has 0 saturated heterocycles. The minimum atomic E-state index is -2.10. The molecule has 0 aromatic heterocycles. The fraction of sp³-hybridized carbons (Fsp3) is 0.862. The summed E-state index contributed by atoms with van der Waals surface area (Å²) in [6.45, 7) is 39.3. The highest BCUT2D eigenvalue weighted by Crippen LogP contribution is 2.41. The van der Waals surface area contributed by atoms with Gasteiger partial charge in [-0.25, -0.2) is 0 Å². The average molecular weight is 557 g/mol. The first-order valence-electron chi connectivity index (χ1n) is 13.6. The van der Waals surface area contributed by atoms with Crippen molar-refractivity contribution in [3.05, 3.63) is 12.7 Å². The summed E-state index contributed by atoms with van der Waals surface area (Å²) >= 11 is 0. The molecular weight excluding hydrogens is 497 g/mol. The first-order valence-corrected chi connectivity index (χ1v) is 22.3. The van der Waals surface area contributed by atoms with Crippen molar-refractivity contribution in [2.24, 2.45) is 0 Å². The highest BCUT2D eigenvalue weighted by molar-refractivity contribution is 6.75. The number of rotatable bonds is 14. The molecule has 7 heteroatoms. The molecule has 0 saturated carbocycles. The Kier molecular flexibility index (Phi) is 13.2. The fourth-order valence-corrected chi connectivity index (χ4v) is 6.58. The molecule has 3 atom stereocenters. The zero-order valence-corrected chi connectivity index (χ0v) is 29.6. The van der Waals surface area contributed by atoms with Crippen molar-refractivity contribution in [3.8, 4) is 12.3 Å². The van der Waals surface area contributed by atoms with Gasteiger partial charge in [0.05, 0.1) is 12.2 Å². The quantitative estimate of drug-likeness (QED) is 0.0927. The Hall–Kier alpha value is -0.209. The number of ether oxygens (including phenoxy) is 1. The van der Waals surface area contributed by atoms with Gasteiger partial charge in [0.25, 0.3) is 0 Å². The zero-order valence-electron chi connectivity index (χ0n) is 26.6. The van der Waals surface area contributed by atoms with Gasteiger partial charge >= 0.3 is 0 Å². The molecule has 0 rings (SSSR count). The van der Waals surface area contributed by atoms with Crippen LogP contribution in [0.4, 0.5) is 0 Å². The van der Waals surface area contributed by atoms with Crippen molar-refractivity contribution in [1.82, 2.24) is 0 Å². The second-order valence-electron chi connectivity index (χ2n) is 14.7. The summed E-state index contributed by atoms with van der Waals surface area (Å²) in [5.41, 5.74) is 0. The molecule has 212 valence electrons. The molecule has 0 heterocycles. The van der Waals surface area contributed by atoms with Crippen LogP contribution < -0.4 is 0 Å². The first kappa shape index (κ1) is 35.8. The predicted octanol–water partition coefficient (Wildman–Crippen LogP) is 8.77. The fourth-order valence-electron chi connectivity index (χ4n) is 2.90. The molecule has 0 amide bonds. The van der Waals surface area contributed by atoms with Gasteiger partial charge in [-0.05, 0) is 60.8 Å². The van der Waals surface area contributed by atoms with Crippen LogP contribution in [0.15, 0.2) is 12.7 Å². The van der Waals surface area contributed by atoms with Crippen molar-refractivity contribution >= 4 is 25.0 Å². The number of hydrogen-bond donors (Lipinski definition) is 0. The van der Waals surface area contributed by atoms with E-state index in [9.17, 15) is 0 Å². The molecule has 0 aliphatic heterocycles. The Labute approximate surface area is 228 Å². The normalized spacial score (nSPS) is 16.8. The molecule has 0 radical (unpaired) electrons. The van der Waals surface area contributed by atoms with E-state index in [-0.39, 0.29) is 33.4 Å². The summed E-state index contributed by atoms with van der Waals surface area (Å²) in [6, 6.07) is 0. The summed E-state index contributed by atoms with van der Waals surface area (Å²) in [4.78, 5) is 0. The summed E-state index contributed by atoms with van der Waals surface area (Å²) in [5, 5.41) is 0.319. The molecular formula is C29H60O4Si3. The zero-order chi connectivity index (χ0) is 28.8. The third kappa shape index (κ3) is 10.5. The predicted molar refractivity (Wildman–Crippen MR) is 165 cm³/mol. The van der Waals surface area contributed by atoms with E-state index < -0.39 is 25.0 Å². The molecule has 0 aliphatic rings. The average Bonchev–Trinajstić information content (AvgIpc) is 2.66. The lowest BCUT2D eigenvalue weighted by Crippen LogP contribution is -2.53. The summed E-state index contributed by atoms with van der Waals surface area (Å²) < 4.78 is 26.7. The maximum atomic E-state index is 6.88. The van der Waals surface area contributed by atoms with E-state index in [2.05, 4.69) is 114 Å². The molecule has 0 aromatic carbocycles. The minimum absolute atomic E-state index is 0.0609. The largest absolute Gasteiger partial charge is 0.417 e. The maximum Gasteiger partial charge on any atom is 0.193 e. The van der Waals surface area contributed by atoms with Crippen LogP contribution in [-0.4, -0.2) is 56.5 Å². The van der Waals surface area contributed by atoms with E-state index >= 15 is 0 Å². The van der Waals surface area contributed by atoms with Gasteiger partial charge in [0.15, 0.2) is 25.0 Å². The van der Waals surface area contributed by atoms with Crippen LogP contribution in [0, 0.1) is 12.3 Å². The summed E-state index contributed by atoms with van der Waals surface area (Å²) in [7, 11) is -5.97. The van der Waals surface area contributed by atoms with Crippen LogP contribution in [-0.2, 0) is 18.0 Å². The first-order chi connectivity index (χ1) is 15.9. The van der Waals surface area contributed by atoms with Crippen LogP contribution in [0.3, 0.4) is 0 Å². The van der Waals surface area contributed by atoms with Crippen LogP contribution in [0.25, 0.3) is 0 Å². The molecule has 0 aromatic rings. The summed E-state index contributed by atoms with van der Waals surface area (Å²) in [6.07, 6.45) is 8.15. The lowest BCUT2D eigenvalue weighted by molar-refractivity contribution is -0.0769. The highest BCUT2D eigenvalue weighted by Gasteiger charge is 2.45. The molecule has 0 bridgehead atoms. The maximum absolute atomic E-state index is 6.88. The minimum Gasteiger partial charge on any atom is -0.417 e. The summed E-state index contributed by atoms with van der Waals surface area (Å²) in [5.74, 6) is 2.85. The van der Waals surface area contributed by atoms with Gasteiger partial charge in [0.1, 0.15) is 6.10 Å². The molecule has 0 aliphatic carbocycles. The van der Waals surface area contributed by atoms with Gasteiger partial charge in [-0.3, -0.25) is 0 Å². The third-order valence-electron chi connectivity index (χ3n) is 8.60. The number of hydrogen-bond acceptors (Lipinski definition) is 4. The van der Waals surface area contributed by atoms with Crippen molar-refractivity contribution in [2.45, 2.75) is 148 Å². The monoisotopic (exact) mass is 556 g/mol. The lowest BCUT2D eigenvalue weighted by Gasteiger charge is -2.45. The van der Waals surface area contributed by atoms with Crippen molar-refractivity contribution in [2.75, 3.05) is 13.2 Å². The van der Waals surface area contributed by atoms with Gasteiger partial charge in [0, 0.05) is 19.6 Å². The Bertz CT molecular complexity index is 719. The van der Waals surface area contributed by atoms with E-state index in [0.717, 1.165) is 6.42 Å². The van der Waals surface area contributed by atoms with Crippen LogP contribution in [0.1, 0.15) is 75.2 Å². The van der Waals surface area contributed by atoms with Crippen LogP contribution in [0.5, 0.6) is 0 Å². The van der Waals surface area contributed by atoms with Crippen molar-refractivity contribution < 1.29 is 18.0 Å². The Morgan fingerprint density at radius 2 is 1.19 bits per heavy atom. The van der Waals surface area contributed by atoms with E-state index in [0.29, 0.717) is 19.6 Å². The van der Waals surface area contributed by atoms with Gasteiger partial charge < -0.3 is 18.0 Å². The smallest absolute Gasteiger partial charge is 0.193 e. The standard InChI is InChI=1S/C29H60O4Si3/c1-18-21-25(33-36(16,17)29(9,10)11)26(24(19-2)32-35(14,15)28(6,7)8)30-22-20-23-31-34(12,13)27(3,4)5/h1,19,24-26H,2,20-23H2,3-17H3/t24?,25-,26-/m0/s1. The SMILES string of the molecule is C#CC[C@H](O[Si](C)(C)C(C)(C)C)[C@@H](OCCCO[Si](C)(C)C(C)(C)C)C(C=C)O[Si](C)(C)C(C)(C)C. The van der Waals surface area contributed by atoms with Gasteiger partial charge in [-0.15, -0.1) is 18.9 Å². The Morgan fingerprint density at radius 3 is 1.58 bits per heavy atom. The second-order valence-corrected chi connectivity index (χ2v) is 29.0. The van der Waals surface area contributed by atoms with E-state index in [4.69, 9.17) is 24.4 Å². The Morgan fingerprint density at radius 1 is 0.750 bits per heavy atom. The van der Waals surface area contributed by atoms with Crippen LogP contribution >= 0.6 is 0 Å². The topological polar surface area (TPSA) is 36.9 Å². The van der Waals surface area contributed by atoms with E-state index in [1.165, 1.54) is 0 Å². The number of terminal acetylenes is 1. The molecule has 0 spiro atoms. The molecule has 36 heavy (non-hydrogen) atoms. The molecule has 1 unspecified atom stereocenters. The van der Waals surface area contributed by atoms with E-state index in [1.807, 2.05) is 6.08 Å². The second kappa shape index (κ2) is 13.2. The lowest BCUT2D eigenvalue weighted by atomic mass is 10.1. The van der Waals surface area contributed by atoms with Gasteiger partial charge in [-0.2, -0.15) is 0 Å². The molecule has 0 N–H and O–H groups in total. The van der Waals surface area contributed by atoms with E-state index in [1.54, 1.807) is 0 Å². The Balaban J connectivity index is 5.89. The molecule has 4 nitrogen and oxygen atoms in total. The van der Waals surface area contributed by atoms with Gasteiger partial charge in [-0.1, -0.05) is 68.4 Å².